The first-order valence-corrected chi connectivity index (χ1v) is 10.0. The molecule has 0 radical (unpaired) electrons. The third kappa shape index (κ3) is 13.6. The summed E-state index contributed by atoms with van der Waals surface area (Å²) < 4.78 is 5.29. The van der Waals surface area contributed by atoms with Gasteiger partial charge in [-0.25, -0.2) is 0 Å². The van der Waals surface area contributed by atoms with Crippen LogP contribution >= 0.6 is 0 Å². The molecule has 0 aliphatic heterocycles. The third-order valence-electron chi connectivity index (χ3n) is 4.50. The highest BCUT2D eigenvalue weighted by Crippen LogP contribution is 2.16. The van der Waals surface area contributed by atoms with E-state index in [2.05, 4.69) is 13.8 Å². The molecule has 0 bridgehead atoms. The van der Waals surface area contributed by atoms with Gasteiger partial charge in [0.05, 0.1) is 6.61 Å². The van der Waals surface area contributed by atoms with E-state index in [1.807, 2.05) is 6.92 Å². The van der Waals surface area contributed by atoms with Gasteiger partial charge < -0.3 is 10.5 Å². The van der Waals surface area contributed by atoms with E-state index in [1.165, 1.54) is 57.8 Å². The number of nitrogens with two attached hydrogens (primary N) is 1. The molecule has 0 heterocycles. The lowest BCUT2D eigenvalue weighted by Gasteiger charge is -2.22. The van der Waals surface area contributed by atoms with Crippen LogP contribution in [0.4, 0.5) is 0 Å². The van der Waals surface area contributed by atoms with Gasteiger partial charge in [-0.05, 0) is 19.8 Å². The van der Waals surface area contributed by atoms with E-state index in [-0.39, 0.29) is 5.97 Å². The predicted octanol–water partition coefficient (Wildman–Crippen LogP) is 5.75. The Morgan fingerprint density at radius 3 is 1.74 bits per heavy atom. The van der Waals surface area contributed by atoms with Crippen LogP contribution in [-0.4, -0.2) is 18.1 Å². The summed E-state index contributed by atoms with van der Waals surface area (Å²) in [5, 5.41) is 0. The van der Waals surface area contributed by atoms with Crippen LogP contribution in [0.25, 0.3) is 0 Å². The van der Waals surface area contributed by atoms with Gasteiger partial charge >= 0.3 is 5.97 Å². The zero-order chi connectivity index (χ0) is 17.4. The summed E-state index contributed by atoms with van der Waals surface area (Å²) in [5.74, 6) is -0.232. The van der Waals surface area contributed by atoms with Gasteiger partial charge in [0.1, 0.15) is 5.54 Å². The summed E-state index contributed by atoms with van der Waals surface area (Å²) >= 11 is 0. The topological polar surface area (TPSA) is 52.3 Å². The molecule has 0 aliphatic rings. The molecule has 0 aromatic carbocycles. The number of rotatable bonds is 16. The molecule has 3 nitrogen and oxygen atoms in total. The number of hydrogen-bond acceptors (Lipinski definition) is 3. The summed E-state index contributed by atoms with van der Waals surface area (Å²) in [6.45, 7) is 6.71. The average Bonchev–Trinajstić information content (AvgIpc) is 2.53. The van der Waals surface area contributed by atoms with Gasteiger partial charge in [-0.15, -0.1) is 0 Å². The Balaban J connectivity index is 3.52. The first kappa shape index (κ1) is 22.4. The number of hydrogen-bond donors (Lipinski definition) is 1. The minimum Gasteiger partial charge on any atom is -0.464 e. The molecule has 0 fully saturated rings. The summed E-state index contributed by atoms with van der Waals surface area (Å²) in [4.78, 5) is 12.0. The molecule has 0 aliphatic carbocycles. The predicted molar refractivity (Wildman–Crippen MR) is 99.5 cm³/mol. The normalized spacial score (nSPS) is 13.7. The van der Waals surface area contributed by atoms with E-state index >= 15 is 0 Å². The van der Waals surface area contributed by atoms with E-state index < -0.39 is 5.54 Å². The smallest absolute Gasteiger partial charge is 0.325 e. The van der Waals surface area contributed by atoms with Gasteiger partial charge in [0.15, 0.2) is 0 Å². The Bertz CT molecular complexity index is 277. The van der Waals surface area contributed by atoms with Crippen molar-refractivity contribution in [2.24, 2.45) is 5.73 Å². The molecule has 2 N–H and O–H groups in total. The standard InChI is InChI=1S/C20H41NO2/c1-4-6-8-9-10-11-12-13-14-15-17-20(3,21)19(22)23-18-16-7-5-2/h4-18,21H2,1-3H3. The van der Waals surface area contributed by atoms with Crippen LogP contribution < -0.4 is 5.73 Å². The lowest BCUT2D eigenvalue weighted by atomic mass is 9.95. The zero-order valence-corrected chi connectivity index (χ0v) is 16.0. The number of carbonyl (C=O) groups excluding carboxylic acids is 1. The van der Waals surface area contributed by atoms with E-state index in [1.54, 1.807) is 0 Å². The molecular weight excluding hydrogens is 286 g/mol. The lowest BCUT2D eigenvalue weighted by molar-refractivity contribution is -0.150. The molecule has 3 heteroatoms. The Morgan fingerprint density at radius 1 is 0.783 bits per heavy atom. The second-order valence-electron chi connectivity index (χ2n) is 7.19. The molecule has 1 atom stereocenters. The summed E-state index contributed by atoms with van der Waals surface area (Å²) in [5.41, 5.74) is 5.30. The molecule has 0 amide bonds. The van der Waals surface area contributed by atoms with Gasteiger partial charge in [0.25, 0.3) is 0 Å². The third-order valence-corrected chi connectivity index (χ3v) is 4.50. The van der Waals surface area contributed by atoms with E-state index in [0.717, 1.165) is 32.1 Å². The first-order chi connectivity index (χ1) is 11.0. The highest BCUT2D eigenvalue weighted by atomic mass is 16.5. The van der Waals surface area contributed by atoms with Gasteiger partial charge in [-0.3, -0.25) is 4.79 Å². The number of ether oxygens (including phenoxy) is 1. The fourth-order valence-electron chi connectivity index (χ4n) is 2.76. The van der Waals surface area contributed by atoms with Crippen LogP contribution in [0.2, 0.25) is 0 Å². The number of carbonyl (C=O) groups is 1. The number of esters is 1. The van der Waals surface area contributed by atoms with Crippen LogP contribution in [0.3, 0.4) is 0 Å². The van der Waals surface area contributed by atoms with Crippen molar-refractivity contribution >= 4 is 5.97 Å². The van der Waals surface area contributed by atoms with Crippen molar-refractivity contribution in [3.05, 3.63) is 0 Å². The molecule has 0 aromatic rings. The van der Waals surface area contributed by atoms with Crippen LogP contribution in [0, 0.1) is 0 Å². The molecule has 23 heavy (non-hydrogen) atoms. The summed E-state index contributed by atoms with van der Waals surface area (Å²) in [6.07, 6.45) is 16.9. The van der Waals surface area contributed by atoms with Crippen molar-refractivity contribution < 1.29 is 9.53 Å². The molecule has 0 spiro atoms. The Kier molecular flexibility index (Phi) is 14.6. The van der Waals surface area contributed by atoms with Crippen LogP contribution in [0.15, 0.2) is 0 Å². The minimum absolute atomic E-state index is 0.232. The molecule has 138 valence electrons. The highest BCUT2D eigenvalue weighted by Gasteiger charge is 2.29. The van der Waals surface area contributed by atoms with Crippen molar-refractivity contribution in [1.29, 1.82) is 0 Å². The summed E-state index contributed by atoms with van der Waals surface area (Å²) in [7, 11) is 0. The molecule has 1 unspecified atom stereocenters. The SMILES string of the molecule is CCCCCCCCCCCCC(C)(N)C(=O)OCCCCC. The number of unbranched alkanes of at least 4 members (excludes halogenated alkanes) is 11. The maximum Gasteiger partial charge on any atom is 0.325 e. The maximum atomic E-state index is 12.0. The van der Waals surface area contributed by atoms with Crippen molar-refractivity contribution in [2.75, 3.05) is 6.61 Å². The Hall–Kier alpha value is -0.570. The monoisotopic (exact) mass is 327 g/mol. The molecule has 0 rings (SSSR count). The molecule has 0 aromatic heterocycles. The average molecular weight is 328 g/mol. The van der Waals surface area contributed by atoms with E-state index in [4.69, 9.17) is 10.5 Å². The first-order valence-electron chi connectivity index (χ1n) is 10.0. The summed E-state index contributed by atoms with van der Waals surface area (Å²) in [6, 6.07) is 0. The van der Waals surface area contributed by atoms with Gasteiger partial charge in [0, 0.05) is 0 Å². The van der Waals surface area contributed by atoms with E-state index in [0.29, 0.717) is 6.61 Å². The zero-order valence-electron chi connectivity index (χ0n) is 16.0. The van der Waals surface area contributed by atoms with Crippen LogP contribution in [-0.2, 0) is 9.53 Å². The second-order valence-corrected chi connectivity index (χ2v) is 7.19. The quantitative estimate of drug-likeness (QED) is 0.290. The van der Waals surface area contributed by atoms with Crippen molar-refractivity contribution in [3.63, 3.8) is 0 Å². The second kappa shape index (κ2) is 15.0. The Morgan fingerprint density at radius 2 is 1.22 bits per heavy atom. The molecule has 0 saturated carbocycles. The van der Waals surface area contributed by atoms with Crippen LogP contribution in [0.5, 0.6) is 0 Å². The lowest BCUT2D eigenvalue weighted by Crippen LogP contribution is -2.46. The van der Waals surface area contributed by atoms with Gasteiger partial charge in [-0.1, -0.05) is 90.9 Å². The molecular formula is C20H41NO2. The minimum atomic E-state index is -0.813. The van der Waals surface area contributed by atoms with Gasteiger partial charge in [0.2, 0.25) is 0 Å². The van der Waals surface area contributed by atoms with Crippen molar-refractivity contribution in [3.8, 4) is 0 Å². The fraction of sp³-hybridized carbons (Fsp3) is 0.950. The van der Waals surface area contributed by atoms with Crippen molar-refractivity contribution in [2.45, 2.75) is 116 Å². The van der Waals surface area contributed by atoms with Crippen molar-refractivity contribution in [1.82, 2.24) is 0 Å². The maximum absolute atomic E-state index is 12.0. The Labute approximate surface area is 144 Å². The fourth-order valence-corrected chi connectivity index (χ4v) is 2.76. The molecule has 0 saturated heterocycles. The van der Waals surface area contributed by atoms with Crippen LogP contribution in [0.1, 0.15) is 111 Å². The highest BCUT2D eigenvalue weighted by molar-refractivity contribution is 5.79. The van der Waals surface area contributed by atoms with E-state index in [9.17, 15) is 4.79 Å². The van der Waals surface area contributed by atoms with Gasteiger partial charge in [-0.2, -0.15) is 0 Å². The largest absolute Gasteiger partial charge is 0.464 e.